The average Bonchev–Trinajstić information content (AvgIpc) is 2.77. The number of esters is 1. The van der Waals surface area contributed by atoms with Crippen molar-refractivity contribution in [3.05, 3.63) is 54.1 Å². The van der Waals surface area contributed by atoms with Crippen molar-refractivity contribution in [1.29, 1.82) is 0 Å². The Morgan fingerprint density at radius 1 is 0.968 bits per heavy atom. The molecule has 31 heavy (non-hydrogen) atoms. The highest BCUT2D eigenvalue weighted by molar-refractivity contribution is 5.70. The minimum Gasteiger partial charge on any atom is -0.427 e. The van der Waals surface area contributed by atoms with E-state index < -0.39 is 0 Å². The van der Waals surface area contributed by atoms with Crippen molar-refractivity contribution in [2.24, 2.45) is 0 Å². The molecule has 0 saturated carbocycles. The van der Waals surface area contributed by atoms with E-state index in [9.17, 15) is 4.79 Å². The van der Waals surface area contributed by atoms with Crippen molar-refractivity contribution in [2.45, 2.75) is 84.0 Å². The molecule has 3 rings (SSSR count). The van der Waals surface area contributed by atoms with Crippen molar-refractivity contribution in [3.8, 4) is 16.9 Å². The molecule has 0 bridgehead atoms. The maximum atomic E-state index is 11.0. The fourth-order valence-corrected chi connectivity index (χ4v) is 4.01. The summed E-state index contributed by atoms with van der Waals surface area (Å²) in [7, 11) is 0. The van der Waals surface area contributed by atoms with Crippen LogP contribution in [0.4, 0.5) is 0 Å². The summed E-state index contributed by atoms with van der Waals surface area (Å²) in [6.45, 7) is 4.43. The number of ether oxygens (including phenoxy) is 3. The first-order valence-corrected chi connectivity index (χ1v) is 11.7. The predicted molar refractivity (Wildman–Crippen MR) is 124 cm³/mol. The van der Waals surface area contributed by atoms with Crippen LogP contribution in [0.2, 0.25) is 0 Å². The zero-order valence-electron chi connectivity index (χ0n) is 19.0. The van der Waals surface area contributed by atoms with Gasteiger partial charge in [-0.05, 0) is 74.3 Å². The van der Waals surface area contributed by atoms with E-state index in [4.69, 9.17) is 14.2 Å². The summed E-state index contributed by atoms with van der Waals surface area (Å²) in [5.74, 6) is 0.283. The second-order valence-corrected chi connectivity index (χ2v) is 8.51. The fraction of sp³-hybridized carbons (Fsp3) is 0.519. The van der Waals surface area contributed by atoms with E-state index in [1.807, 2.05) is 24.3 Å². The summed E-state index contributed by atoms with van der Waals surface area (Å²) < 4.78 is 16.7. The smallest absolute Gasteiger partial charge is 0.308 e. The first kappa shape index (κ1) is 23.5. The fourth-order valence-electron chi connectivity index (χ4n) is 4.01. The normalized spacial score (nSPS) is 17.3. The standard InChI is InChI=1S/C27H36O4/c1-21(30-27-11-7-8-20-29-27)9-5-3-4-6-10-23-12-14-24(15-13-23)25-16-18-26(19-17-25)31-22(2)28/h12-19,21,27H,3-11,20H2,1-2H3. The third-order valence-corrected chi connectivity index (χ3v) is 5.75. The first-order chi connectivity index (χ1) is 15.1. The molecule has 2 aromatic rings. The van der Waals surface area contributed by atoms with Gasteiger partial charge in [-0.1, -0.05) is 55.7 Å². The van der Waals surface area contributed by atoms with Crippen molar-refractivity contribution < 1.29 is 19.0 Å². The summed E-state index contributed by atoms with van der Waals surface area (Å²) >= 11 is 0. The molecule has 4 heteroatoms. The van der Waals surface area contributed by atoms with Gasteiger partial charge in [-0.3, -0.25) is 4.79 Å². The molecule has 0 amide bonds. The molecule has 0 aromatic heterocycles. The largest absolute Gasteiger partial charge is 0.427 e. The molecule has 0 spiro atoms. The number of unbranched alkanes of at least 4 members (excludes halogenated alkanes) is 3. The minimum atomic E-state index is -0.297. The Kier molecular flexibility index (Phi) is 9.57. The van der Waals surface area contributed by atoms with E-state index in [1.54, 1.807) is 0 Å². The van der Waals surface area contributed by atoms with Gasteiger partial charge in [0.15, 0.2) is 6.29 Å². The highest BCUT2D eigenvalue weighted by atomic mass is 16.7. The van der Waals surface area contributed by atoms with Gasteiger partial charge in [-0.2, -0.15) is 0 Å². The number of rotatable bonds is 11. The van der Waals surface area contributed by atoms with Crippen molar-refractivity contribution in [3.63, 3.8) is 0 Å². The molecule has 2 unspecified atom stereocenters. The van der Waals surface area contributed by atoms with Gasteiger partial charge in [0.2, 0.25) is 0 Å². The molecule has 1 heterocycles. The zero-order valence-corrected chi connectivity index (χ0v) is 19.0. The number of aryl methyl sites for hydroxylation is 1. The van der Waals surface area contributed by atoms with Crippen LogP contribution in [0.3, 0.4) is 0 Å². The first-order valence-electron chi connectivity index (χ1n) is 11.7. The maximum Gasteiger partial charge on any atom is 0.308 e. The monoisotopic (exact) mass is 424 g/mol. The van der Waals surface area contributed by atoms with Crippen LogP contribution in [0.1, 0.15) is 70.8 Å². The van der Waals surface area contributed by atoms with Crippen LogP contribution in [-0.4, -0.2) is 25.0 Å². The van der Waals surface area contributed by atoms with Gasteiger partial charge in [0.1, 0.15) is 5.75 Å². The summed E-state index contributed by atoms with van der Waals surface area (Å²) in [6.07, 6.45) is 10.9. The molecule has 2 atom stereocenters. The molecule has 0 N–H and O–H groups in total. The SMILES string of the molecule is CC(=O)Oc1ccc(-c2ccc(CCCCCCC(C)OC3CCCCO3)cc2)cc1. The summed E-state index contributed by atoms with van der Waals surface area (Å²) in [5, 5.41) is 0. The Morgan fingerprint density at radius 2 is 1.65 bits per heavy atom. The van der Waals surface area contributed by atoms with Crippen LogP contribution >= 0.6 is 0 Å². The number of hydrogen-bond acceptors (Lipinski definition) is 4. The maximum absolute atomic E-state index is 11.0. The Hall–Kier alpha value is -2.17. The third kappa shape index (κ3) is 8.47. The molecule has 1 aliphatic heterocycles. The third-order valence-electron chi connectivity index (χ3n) is 5.75. The summed E-state index contributed by atoms with van der Waals surface area (Å²) in [5.41, 5.74) is 3.68. The van der Waals surface area contributed by atoms with Crippen molar-refractivity contribution in [1.82, 2.24) is 0 Å². The minimum absolute atomic E-state index is 0.0264. The second kappa shape index (κ2) is 12.6. The molecule has 4 nitrogen and oxygen atoms in total. The number of carbonyl (C=O) groups excluding carboxylic acids is 1. The molecule has 2 aromatic carbocycles. The highest BCUT2D eigenvalue weighted by Crippen LogP contribution is 2.24. The predicted octanol–water partition coefficient (Wildman–Crippen LogP) is 6.70. The number of carbonyl (C=O) groups is 1. The van der Waals surface area contributed by atoms with E-state index in [0.29, 0.717) is 11.9 Å². The number of hydrogen-bond donors (Lipinski definition) is 0. The number of benzene rings is 2. The van der Waals surface area contributed by atoms with Crippen molar-refractivity contribution in [2.75, 3.05) is 6.61 Å². The molecule has 0 radical (unpaired) electrons. The van der Waals surface area contributed by atoms with Crippen LogP contribution in [0, 0.1) is 0 Å². The highest BCUT2D eigenvalue weighted by Gasteiger charge is 2.16. The molecule has 1 fully saturated rings. The van der Waals surface area contributed by atoms with Crippen molar-refractivity contribution >= 4 is 5.97 Å². The molecular formula is C27H36O4. The van der Waals surface area contributed by atoms with Gasteiger partial charge in [0.05, 0.1) is 6.10 Å². The van der Waals surface area contributed by atoms with Gasteiger partial charge in [0, 0.05) is 13.5 Å². The molecule has 1 saturated heterocycles. The molecule has 1 aliphatic rings. The van der Waals surface area contributed by atoms with Gasteiger partial charge in [0.25, 0.3) is 0 Å². The van der Waals surface area contributed by atoms with Gasteiger partial charge >= 0.3 is 5.97 Å². The zero-order chi connectivity index (χ0) is 21.9. The van der Waals surface area contributed by atoms with E-state index in [0.717, 1.165) is 31.4 Å². The Balaban J connectivity index is 1.31. The van der Waals surface area contributed by atoms with E-state index in [1.165, 1.54) is 56.6 Å². The lowest BCUT2D eigenvalue weighted by Gasteiger charge is -2.26. The Labute approximate surface area is 186 Å². The summed E-state index contributed by atoms with van der Waals surface area (Å²) in [4.78, 5) is 11.0. The average molecular weight is 425 g/mol. The molecular weight excluding hydrogens is 388 g/mol. The van der Waals surface area contributed by atoms with Gasteiger partial charge in [-0.15, -0.1) is 0 Å². The lowest BCUT2D eigenvalue weighted by atomic mass is 10.0. The van der Waals surface area contributed by atoms with E-state index in [-0.39, 0.29) is 12.3 Å². The molecule has 168 valence electrons. The molecule has 0 aliphatic carbocycles. The van der Waals surface area contributed by atoms with Crippen LogP contribution < -0.4 is 4.74 Å². The quantitative estimate of drug-likeness (QED) is 0.229. The van der Waals surface area contributed by atoms with E-state index in [2.05, 4.69) is 31.2 Å². The second-order valence-electron chi connectivity index (χ2n) is 8.51. The van der Waals surface area contributed by atoms with Gasteiger partial charge < -0.3 is 14.2 Å². The van der Waals surface area contributed by atoms with Crippen LogP contribution in [0.25, 0.3) is 11.1 Å². The lowest BCUT2D eigenvalue weighted by molar-refractivity contribution is -0.185. The Bertz CT molecular complexity index is 776. The van der Waals surface area contributed by atoms with Crippen LogP contribution in [0.5, 0.6) is 5.75 Å². The van der Waals surface area contributed by atoms with Gasteiger partial charge in [-0.25, -0.2) is 0 Å². The van der Waals surface area contributed by atoms with Crippen LogP contribution in [0.15, 0.2) is 48.5 Å². The van der Waals surface area contributed by atoms with E-state index >= 15 is 0 Å². The topological polar surface area (TPSA) is 44.8 Å². The Morgan fingerprint density at radius 3 is 2.29 bits per heavy atom. The summed E-state index contributed by atoms with van der Waals surface area (Å²) in [6, 6.07) is 16.4. The van der Waals surface area contributed by atoms with Crippen LogP contribution in [-0.2, 0) is 20.7 Å². The lowest BCUT2D eigenvalue weighted by Crippen LogP contribution is -2.26.